The van der Waals surface area contributed by atoms with Crippen molar-refractivity contribution in [2.75, 3.05) is 5.32 Å². The van der Waals surface area contributed by atoms with Gasteiger partial charge in [-0.1, -0.05) is 59.3 Å². The SMILES string of the molecule is O=C(C=Cc1ccccc1Cl)Nc1nnc(S(=O)(=O)Cc2ccccc2F)s1. The van der Waals surface area contributed by atoms with Crippen LogP contribution in [0.25, 0.3) is 6.08 Å². The Morgan fingerprint density at radius 2 is 1.86 bits per heavy atom. The molecule has 0 saturated heterocycles. The van der Waals surface area contributed by atoms with Gasteiger partial charge in [0.05, 0.1) is 5.75 Å². The Morgan fingerprint density at radius 3 is 2.61 bits per heavy atom. The predicted molar refractivity (Wildman–Crippen MR) is 106 cm³/mol. The van der Waals surface area contributed by atoms with Crippen molar-refractivity contribution in [1.29, 1.82) is 0 Å². The number of aromatic nitrogens is 2. The second-order valence-electron chi connectivity index (χ2n) is 5.57. The van der Waals surface area contributed by atoms with Crippen molar-refractivity contribution in [1.82, 2.24) is 10.2 Å². The summed E-state index contributed by atoms with van der Waals surface area (Å²) in [6.45, 7) is 0. The molecular formula is C18H13ClFN3O3S2. The van der Waals surface area contributed by atoms with E-state index in [1.165, 1.54) is 30.4 Å². The van der Waals surface area contributed by atoms with E-state index in [0.717, 1.165) is 0 Å². The summed E-state index contributed by atoms with van der Waals surface area (Å²) in [5.74, 6) is -1.68. The lowest BCUT2D eigenvalue weighted by Gasteiger charge is -2.01. The first-order valence-electron chi connectivity index (χ1n) is 7.88. The quantitative estimate of drug-likeness (QED) is 0.465. The highest BCUT2D eigenvalue weighted by Crippen LogP contribution is 2.24. The lowest BCUT2D eigenvalue weighted by molar-refractivity contribution is -0.111. The molecule has 144 valence electrons. The van der Waals surface area contributed by atoms with E-state index in [1.54, 1.807) is 30.3 Å². The fourth-order valence-corrected chi connectivity index (χ4v) is 4.72. The normalized spacial score (nSPS) is 11.6. The molecule has 0 atom stereocenters. The number of hydrogen-bond donors (Lipinski definition) is 1. The second kappa shape index (κ2) is 8.59. The van der Waals surface area contributed by atoms with Gasteiger partial charge in [0, 0.05) is 16.7 Å². The van der Waals surface area contributed by atoms with Gasteiger partial charge in [0.2, 0.25) is 25.2 Å². The number of amides is 1. The lowest BCUT2D eigenvalue weighted by atomic mass is 10.2. The average Bonchev–Trinajstić information content (AvgIpc) is 3.12. The third-order valence-corrected chi connectivity index (χ3v) is 6.82. The maximum atomic E-state index is 13.7. The lowest BCUT2D eigenvalue weighted by Crippen LogP contribution is -2.07. The summed E-state index contributed by atoms with van der Waals surface area (Å²) in [4.78, 5) is 12.0. The first kappa shape index (κ1) is 20.1. The molecule has 6 nitrogen and oxygen atoms in total. The fourth-order valence-electron chi connectivity index (χ4n) is 2.19. The minimum atomic E-state index is -3.89. The van der Waals surface area contributed by atoms with Crippen molar-refractivity contribution in [2.45, 2.75) is 10.1 Å². The Bertz CT molecular complexity index is 1150. The summed E-state index contributed by atoms with van der Waals surface area (Å²) in [5, 5.41) is 10.2. The van der Waals surface area contributed by atoms with Gasteiger partial charge in [0.15, 0.2) is 0 Å². The molecule has 0 radical (unpaired) electrons. The minimum Gasteiger partial charge on any atom is -0.297 e. The number of hydrogen-bond acceptors (Lipinski definition) is 6. The summed E-state index contributed by atoms with van der Waals surface area (Å²) in [6.07, 6.45) is 2.77. The van der Waals surface area contributed by atoms with E-state index in [-0.39, 0.29) is 15.0 Å². The number of nitrogens with one attached hydrogen (secondary N) is 1. The van der Waals surface area contributed by atoms with Gasteiger partial charge in [-0.2, -0.15) is 0 Å². The first-order valence-corrected chi connectivity index (χ1v) is 10.7. The molecule has 3 aromatic rings. The van der Waals surface area contributed by atoms with E-state index in [9.17, 15) is 17.6 Å². The van der Waals surface area contributed by atoms with Gasteiger partial charge in [-0.3, -0.25) is 10.1 Å². The summed E-state index contributed by atoms with van der Waals surface area (Å²) < 4.78 is 38.2. The summed E-state index contributed by atoms with van der Waals surface area (Å²) in [6, 6.07) is 12.6. The Labute approximate surface area is 169 Å². The van der Waals surface area contributed by atoms with Crippen LogP contribution in [-0.2, 0) is 20.4 Å². The fraction of sp³-hybridized carbons (Fsp3) is 0.0556. The van der Waals surface area contributed by atoms with E-state index in [0.29, 0.717) is 21.9 Å². The third kappa shape index (κ3) is 5.00. The number of sulfone groups is 1. The maximum absolute atomic E-state index is 13.7. The second-order valence-corrected chi connectivity index (χ2v) is 9.12. The number of halogens is 2. The van der Waals surface area contributed by atoms with Gasteiger partial charge in [0.25, 0.3) is 0 Å². The van der Waals surface area contributed by atoms with Crippen LogP contribution in [0.2, 0.25) is 5.02 Å². The Balaban J connectivity index is 1.69. The molecule has 2 aromatic carbocycles. The Hall–Kier alpha value is -2.62. The smallest absolute Gasteiger partial charge is 0.250 e. The molecule has 28 heavy (non-hydrogen) atoms. The summed E-state index contributed by atoms with van der Waals surface area (Å²) in [5.41, 5.74) is 0.690. The van der Waals surface area contributed by atoms with Crippen molar-refractivity contribution < 1.29 is 17.6 Å². The standard InChI is InChI=1S/C18H13ClFN3O3S2/c19-14-7-3-1-5-12(14)9-10-16(24)21-17-22-23-18(27-17)28(25,26)11-13-6-2-4-8-15(13)20/h1-10H,11H2,(H,21,22,24). The summed E-state index contributed by atoms with van der Waals surface area (Å²) in [7, 11) is -3.89. The first-order chi connectivity index (χ1) is 13.3. The highest BCUT2D eigenvalue weighted by Gasteiger charge is 2.22. The molecule has 0 aliphatic carbocycles. The molecule has 0 spiro atoms. The zero-order valence-corrected chi connectivity index (χ0v) is 16.6. The van der Waals surface area contributed by atoms with Crippen molar-refractivity contribution in [3.05, 3.63) is 76.6 Å². The topological polar surface area (TPSA) is 89.0 Å². The zero-order chi connectivity index (χ0) is 20.1. The molecule has 1 aromatic heterocycles. The largest absolute Gasteiger partial charge is 0.297 e. The molecule has 0 aliphatic heterocycles. The molecule has 1 amide bonds. The van der Waals surface area contributed by atoms with Crippen molar-refractivity contribution >= 4 is 49.9 Å². The highest BCUT2D eigenvalue weighted by molar-refractivity contribution is 7.92. The number of anilines is 1. The van der Waals surface area contributed by atoms with Crippen molar-refractivity contribution in [2.24, 2.45) is 0 Å². The van der Waals surface area contributed by atoms with E-state index < -0.39 is 27.3 Å². The maximum Gasteiger partial charge on any atom is 0.250 e. The molecule has 3 rings (SSSR count). The molecule has 0 fully saturated rings. The molecule has 0 unspecified atom stereocenters. The van der Waals surface area contributed by atoms with Gasteiger partial charge >= 0.3 is 0 Å². The number of benzene rings is 2. The van der Waals surface area contributed by atoms with Crippen LogP contribution in [0.15, 0.2) is 58.9 Å². The van der Waals surface area contributed by atoms with E-state index in [2.05, 4.69) is 15.5 Å². The number of nitrogens with zero attached hydrogens (tertiary/aromatic N) is 2. The molecule has 10 heteroatoms. The van der Waals surface area contributed by atoms with Crippen LogP contribution in [0.1, 0.15) is 11.1 Å². The van der Waals surface area contributed by atoms with Crippen LogP contribution in [0, 0.1) is 5.82 Å². The molecule has 0 saturated carbocycles. The monoisotopic (exact) mass is 437 g/mol. The van der Waals surface area contributed by atoms with E-state index in [4.69, 9.17) is 11.6 Å². The van der Waals surface area contributed by atoms with Gasteiger partial charge < -0.3 is 0 Å². The van der Waals surface area contributed by atoms with Gasteiger partial charge in [-0.05, 0) is 23.8 Å². The Morgan fingerprint density at radius 1 is 1.14 bits per heavy atom. The van der Waals surface area contributed by atoms with Gasteiger partial charge in [0.1, 0.15) is 5.82 Å². The number of rotatable bonds is 6. The van der Waals surface area contributed by atoms with Gasteiger partial charge in [-0.25, -0.2) is 12.8 Å². The molecule has 0 aliphatic rings. The molecule has 1 heterocycles. The van der Waals surface area contributed by atoms with Crippen LogP contribution >= 0.6 is 22.9 Å². The van der Waals surface area contributed by atoms with Crippen molar-refractivity contribution in [3.63, 3.8) is 0 Å². The summed E-state index contributed by atoms with van der Waals surface area (Å²) >= 11 is 6.70. The van der Waals surface area contributed by atoms with E-state index in [1.807, 2.05) is 0 Å². The molecule has 0 bridgehead atoms. The Kier molecular flexibility index (Phi) is 6.18. The minimum absolute atomic E-state index is 0.0147. The average molecular weight is 438 g/mol. The number of carbonyl (C=O) groups is 1. The molecular weight excluding hydrogens is 425 g/mol. The van der Waals surface area contributed by atoms with Crippen LogP contribution in [0.5, 0.6) is 0 Å². The van der Waals surface area contributed by atoms with Crippen LogP contribution in [0.4, 0.5) is 9.52 Å². The van der Waals surface area contributed by atoms with Crippen molar-refractivity contribution in [3.8, 4) is 0 Å². The van der Waals surface area contributed by atoms with E-state index >= 15 is 0 Å². The van der Waals surface area contributed by atoms with Crippen LogP contribution < -0.4 is 5.32 Å². The predicted octanol–water partition coefficient (Wildman–Crippen LogP) is 3.96. The number of carbonyl (C=O) groups excluding carboxylic acids is 1. The van der Waals surface area contributed by atoms with Gasteiger partial charge in [-0.15, -0.1) is 10.2 Å². The van der Waals surface area contributed by atoms with Crippen LogP contribution in [-0.4, -0.2) is 24.5 Å². The zero-order valence-electron chi connectivity index (χ0n) is 14.2. The molecule has 1 N–H and O–H groups in total. The highest BCUT2D eigenvalue weighted by atomic mass is 35.5. The third-order valence-electron chi connectivity index (χ3n) is 3.53. The van der Waals surface area contributed by atoms with Crippen LogP contribution in [0.3, 0.4) is 0 Å².